The topological polar surface area (TPSA) is 20.3 Å². The molecule has 104 valence electrons. The highest BCUT2D eigenvalue weighted by Gasteiger charge is 2.29. The Bertz CT molecular complexity index is 751. The molecule has 0 saturated carbocycles. The molecule has 2 aromatic rings. The molecule has 0 N–H and O–H groups in total. The Morgan fingerprint density at radius 1 is 1.19 bits per heavy atom. The molecule has 0 aromatic heterocycles. The third kappa shape index (κ3) is 2.68. The average molecular weight is 275 g/mol. The fraction of sp³-hybridized carbons (Fsp3) is 0.211. The summed E-state index contributed by atoms with van der Waals surface area (Å²) < 4.78 is 0. The molecule has 2 aromatic carbocycles. The SMILES string of the molecule is Cc1cccc(C#CC(=O)N2c3ccccc3CC2C)c1. The maximum atomic E-state index is 12.4. The third-order valence-corrected chi connectivity index (χ3v) is 3.76. The number of nitrogens with zero attached hydrogens (tertiary/aromatic N) is 1. The van der Waals surface area contributed by atoms with E-state index in [9.17, 15) is 4.79 Å². The highest BCUT2D eigenvalue weighted by atomic mass is 16.2. The highest BCUT2D eigenvalue weighted by molar-refractivity contribution is 6.07. The molecule has 1 atom stereocenters. The van der Waals surface area contributed by atoms with Crippen molar-refractivity contribution in [3.05, 3.63) is 65.2 Å². The molecular weight excluding hydrogens is 258 g/mol. The van der Waals surface area contributed by atoms with E-state index in [1.165, 1.54) is 5.56 Å². The summed E-state index contributed by atoms with van der Waals surface area (Å²) in [6.45, 7) is 4.08. The average Bonchev–Trinajstić information content (AvgIpc) is 2.81. The predicted octanol–water partition coefficient (Wildman–Crippen LogP) is 3.32. The van der Waals surface area contributed by atoms with Crippen LogP contribution < -0.4 is 4.90 Å². The van der Waals surface area contributed by atoms with Crippen molar-refractivity contribution in [2.45, 2.75) is 26.3 Å². The van der Waals surface area contributed by atoms with Crippen LogP contribution in [0.2, 0.25) is 0 Å². The van der Waals surface area contributed by atoms with Crippen LogP contribution in [-0.4, -0.2) is 11.9 Å². The second-order valence-corrected chi connectivity index (χ2v) is 5.48. The normalized spacial score (nSPS) is 16.1. The zero-order valence-corrected chi connectivity index (χ0v) is 12.3. The van der Waals surface area contributed by atoms with Crippen molar-refractivity contribution in [2.24, 2.45) is 0 Å². The maximum Gasteiger partial charge on any atom is 0.303 e. The number of aryl methyl sites for hydroxylation is 1. The molecule has 0 spiro atoms. The minimum Gasteiger partial charge on any atom is -0.298 e. The van der Waals surface area contributed by atoms with Gasteiger partial charge in [0.1, 0.15) is 0 Å². The van der Waals surface area contributed by atoms with E-state index in [0.29, 0.717) is 0 Å². The van der Waals surface area contributed by atoms with Gasteiger partial charge in [0.25, 0.3) is 0 Å². The number of rotatable bonds is 0. The van der Waals surface area contributed by atoms with E-state index >= 15 is 0 Å². The lowest BCUT2D eigenvalue weighted by atomic mass is 10.1. The van der Waals surface area contributed by atoms with Crippen LogP contribution in [0.4, 0.5) is 5.69 Å². The quantitative estimate of drug-likeness (QED) is 0.675. The van der Waals surface area contributed by atoms with Gasteiger partial charge >= 0.3 is 5.91 Å². The molecule has 1 unspecified atom stereocenters. The van der Waals surface area contributed by atoms with Gasteiger partial charge in [0.2, 0.25) is 0 Å². The molecule has 1 aliphatic heterocycles. The van der Waals surface area contributed by atoms with Crippen molar-refractivity contribution in [1.82, 2.24) is 0 Å². The number of amides is 1. The number of fused-ring (bicyclic) bond motifs is 1. The van der Waals surface area contributed by atoms with E-state index in [0.717, 1.165) is 23.2 Å². The van der Waals surface area contributed by atoms with Crippen molar-refractivity contribution in [3.8, 4) is 11.8 Å². The van der Waals surface area contributed by atoms with Gasteiger partial charge in [-0.25, -0.2) is 0 Å². The van der Waals surface area contributed by atoms with Gasteiger partial charge in [-0.15, -0.1) is 0 Å². The molecule has 0 radical (unpaired) electrons. The molecular formula is C19H17NO. The summed E-state index contributed by atoms with van der Waals surface area (Å²) in [5, 5.41) is 0. The Balaban J connectivity index is 1.87. The number of benzene rings is 2. The molecule has 1 heterocycles. The van der Waals surface area contributed by atoms with Crippen LogP contribution in [0.15, 0.2) is 48.5 Å². The van der Waals surface area contributed by atoms with E-state index < -0.39 is 0 Å². The summed E-state index contributed by atoms with van der Waals surface area (Å²) in [6.07, 6.45) is 0.897. The second-order valence-electron chi connectivity index (χ2n) is 5.48. The van der Waals surface area contributed by atoms with E-state index in [1.54, 1.807) is 4.90 Å². The van der Waals surface area contributed by atoms with Crippen molar-refractivity contribution in [1.29, 1.82) is 0 Å². The first kappa shape index (κ1) is 13.5. The minimum absolute atomic E-state index is 0.131. The van der Waals surface area contributed by atoms with Crippen LogP contribution in [-0.2, 0) is 11.2 Å². The van der Waals surface area contributed by atoms with E-state index in [-0.39, 0.29) is 11.9 Å². The Morgan fingerprint density at radius 3 is 2.81 bits per heavy atom. The van der Waals surface area contributed by atoms with Gasteiger partial charge < -0.3 is 0 Å². The molecule has 0 aliphatic carbocycles. The second kappa shape index (κ2) is 5.46. The number of hydrogen-bond acceptors (Lipinski definition) is 1. The number of anilines is 1. The van der Waals surface area contributed by atoms with Gasteiger partial charge in [-0.2, -0.15) is 0 Å². The van der Waals surface area contributed by atoms with Crippen LogP contribution in [0.1, 0.15) is 23.6 Å². The molecule has 21 heavy (non-hydrogen) atoms. The number of carbonyl (C=O) groups is 1. The van der Waals surface area contributed by atoms with Crippen molar-refractivity contribution in [3.63, 3.8) is 0 Å². The lowest BCUT2D eigenvalue weighted by molar-refractivity contribution is -0.113. The molecule has 0 saturated heterocycles. The van der Waals surface area contributed by atoms with Crippen LogP contribution in [0.3, 0.4) is 0 Å². The smallest absolute Gasteiger partial charge is 0.298 e. The summed E-state index contributed by atoms with van der Waals surface area (Å²) >= 11 is 0. The lowest BCUT2D eigenvalue weighted by Crippen LogP contribution is -2.34. The van der Waals surface area contributed by atoms with Crippen molar-refractivity contribution >= 4 is 11.6 Å². The van der Waals surface area contributed by atoms with E-state index in [2.05, 4.69) is 24.8 Å². The number of para-hydroxylation sites is 1. The standard InChI is InChI=1S/C19H17NO/c1-14-6-5-7-16(12-14)10-11-19(21)20-15(2)13-17-8-3-4-9-18(17)20/h3-9,12,15H,13H2,1-2H3. The monoisotopic (exact) mass is 275 g/mol. The predicted molar refractivity (Wildman–Crippen MR) is 85.2 cm³/mol. The lowest BCUT2D eigenvalue weighted by Gasteiger charge is -2.19. The largest absolute Gasteiger partial charge is 0.303 e. The zero-order valence-electron chi connectivity index (χ0n) is 12.3. The third-order valence-electron chi connectivity index (χ3n) is 3.76. The molecule has 0 bridgehead atoms. The van der Waals surface area contributed by atoms with Gasteiger partial charge in [-0.1, -0.05) is 36.3 Å². The van der Waals surface area contributed by atoms with Crippen LogP contribution in [0.25, 0.3) is 0 Å². The molecule has 0 fully saturated rings. The minimum atomic E-state index is -0.131. The van der Waals surface area contributed by atoms with Crippen molar-refractivity contribution < 1.29 is 4.79 Å². The van der Waals surface area contributed by atoms with Gasteiger partial charge in [-0.3, -0.25) is 9.69 Å². The van der Waals surface area contributed by atoms with E-state index in [4.69, 9.17) is 0 Å². The number of hydrogen-bond donors (Lipinski definition) is 0. The molecule has 2 heteroatoms. The fourth-order valence-corrected chi connectivity index (χ4v) is 2.78. The summed E-state index contributed by atoms with van der Waals surface area (Å²) in [5.74, 6) is 5.62. The first-order chi connectivity index (χ1) is 10.1. The zero-order chi connectivity index (χ0) is 14.8. The summed E-state index contributed by atoms with van der Waals surface area (Å²) in [7, 11) is 0. The maximum absolute atomic E-state index is 12.4. The first-order valence-electron chi connectivity index (χ1n) is 7.15. The van der Waals surface area contributed by atoms with Crippen molar-refractivity contribution in [2.75, 3.05) is 4.90 Å². The van der Waals surface area contributed by atoms with Crippen LogP contribution in [0.5, 0.6) is 0 Å². The molecule has 3 rings (SSSR count). The Morgan fingerprint density at radius 2 is 2.00 bits per heavy atom. The molecule has 1 aliphatic rings. The molecule has 2 nitrogen and oxygen atoms in total. The van der Waals surface area contributed by atoms with Crippen LogP contribution in [0, 0.1) is 18.8 Å². The number of carbonyl (C=O) groups excluding carboxylic acids is 1. The Kier molecular flexibility index (Phi) is 3.50. The fourth-order valence-electron chi connectivity index (χ4n) is 2.78. The van der Waals surface area contributed by atoms with Gasteiger partial charge in [0.15, 0.2) is 0 Å². The van der Waals surface area contributed by atoms with E-state index in [1.807, 2.05) is 49.4 Å². The van der Waals surface area contributed by atoms with Gasteiger partial charge in [-0.05, 0) is 49.6 Å². The Labute approximate surface area is 125 Å². The first-order valence-corrected chi connectivity index (χ1v) is 7.15. The van der Waals surface area contributed by atoms with Gasteiger partial charge in [0.05, 0.1) is 0 Å². The van der Waals surface area contributed by atoms with Crippen LogP contribution >= 0.6 is 0 Å². The Hall–Kier alpha value is -2.53. The van der Waals surface area contributed by atoms with Gasteiger partial charge in [0, 0.05) is 23.2 Å². The summed E-state index contributed by atoms with van der Waals surface area (Å²) in [4.78, 5) is 14.2. The summed E-state index contributed by atoms with van der Waals surface area (Å²) in [5.41, 5.74) is 4.24. The molecule has 1 amide bonds. The highest BCUT2D eigenvalue weighted by Crippen LogP contribution is 2.31. The summed E-state index contributed by atoms with van der Waals surface area (Å²) in [6, 6.07) is 16.1.